The molecule has 2 atom stereocenters. The second kappa shape index (κ2) is 6.45. The number of amides is 1. The number of benzene rings is 1. The van der Waals surface area contributed by atoms with E-state index in [1.165, 1.54) is 23.1 Å². The van der Waals surface area contributed by atoms with Crippen LogP contribution in [0.2, 0.25) is 0 Å². The third-order valence-corrected chi connectivity index (χ3v) is 4.28. The quantitative estimate of drug-likeness (QED) is 0.933. The van der Waals surface area contributed by atoms with Crippen LogP contribution in [0.4, 0.5) is 4.39 Å². The van der Waals surface area contributed by atoms with Gasteiger partial charge in [-0.15, -0.1) is 5.10 Å². The van der Waals surface area contributed by atoms with Crippen LogP contribution in [0.3, 0.4) is 0 Å². The first kappa shape index (κ1) is 15.6. The van der Waals surface area contributed by atoms with Gasteiger partial charge in [-0.05, 0) is 43.0 Å². The molecule has 1 amide bonds. The van der Waals surface area contributed by atoms with Crippen molar-refractivity contribution in [2.24, 2.45) is 11.7 Å². The molecule has 2 aromatic rings. The number of halogens is 1. The van der Waals surface area contributed by atoms with Gasteiger partial charge in [0.1, 0.15) is 5.82 Å². The summed E-state index contributed by atoms with van der Waals surface area (Å²) in [7, 11) is 0. The summed E-state index contributed by atoms with van der Waals surface area (Å²) in [4.78, 5) is 15.8. The minimum Gasteiger partial charge on any atom is -0.333 e. The van der Waals surface area contributed by atoms with Crippen LogP contribution in [0.5, 0.6) is 0 Å². The largest absolute Gasteiger partial charge is 0.333 e. The number of hydrogen-bond acceptors (Lipinski definition) is 4. The molecule has 3 rings (SSSR count). The first-order chi connectivity index (χ1) is 11.1. The van der Waals surface area contributed by atoms with E-state index >= 15 is 0 Å². The van der Waals surface area contributed by atoms with Crippen molar-refractivity contribution in [1.29, 1.82) is 0 Å². The lowest BCUT2D eigenvalue weighted by Crippen LogP contribution is -2.49. The molecule has 1 fully saturated rings. The SMILES string of the molecule is CC1CCN(C(=O)c2cnn(-c3ccc(F)cc3)n2)C(CN)C1. The Hall–Kier alpha value is -2.28. The van der Waals surface area contributed by atoms with E-state index in [1.54, 1.807) is 17.0 Å². The van der Waals surface area contributed by atoms with Gasteiger partial charge in [-0.25, -0.2) is 4.39 Å². The lowest BCUT2D eigenvalue weighted by molar-refractivity contribution is 0.0567. The highest BCUT2D eigenvalue weighted by Crippen LogP contribution is 2.23. The monoisotopic (exact) mass is 317 g/mol. The van der Waals surface area contributed by atoms with E-state index in [2.05, 4.69) is 17.1 Å². The second-order valence-corrected chi connectivity index (χ2v) is 6.01. The standard InChI is InChI=1S/C16H20FN5O/c1-11-6-7-21(14(8-11)9-18)16(23)15-10-19-22(20-15)13-4-2-12(17)3-5-13/h2-5,10-11,14H,6-9,18H2,1H3. The van der Waals surface area contributed by atoms with Crippen LogP contribution in [-0.4, -0.2) is 44.9 Å². The summed E-state index contributed by atoms with van der Waals surface area (Å²) in [5.74, 6) is 0.0913. The van der Waals surface area contributed by atoms with Gasteiger partial charge in [0.05, 0.1) is 11.9 Å². The first-order valence-electron chi connectivity index (χ1n) is 7.78. The van der Waals surface area contributed by atoms with Crippen LogP contribution in [0, 0.1) is 11.7 Å². The number of rotatable bonds is 3. The number of carbonyl (C=O) groups excluding carboxylic acids is 1. The molecule has 0 saturated carbocycles. The maximum atomic E-state index is 13.0. The predicted molar refractivity (Wildman–Crippen MR) is 83.6 cm³/mol. The van der Waals surface area contributed by atoms with Crippen molar-refractivity contribution in [2.75, 3.05) is 13.1 Å². The zero-order chi connectivity index (χ0) is 16.4. The molecule has 1 aromatic heterocycles. The molecule has 2 N–H and O–H groups in total. The Bertz CT molecular complexity index is 684. The van der Waals surface area contributed by atoms with Crippen LogP contribution < -0.4 is 5.73 Å². The van der Waals surface area contributed by atoms with Gasteiger partial charge in [0.15, 0.2) is 5.69 Å². The summed E-state index contributed by atoms with van der Waals surface area (Å²) >= 11 is 0. The first-order valence-corrected chi connectivity index (χ1v) is 7.78. The molecule has 6 nitrogen and oxygen atoms in total. The van der Waals surface area contributed by atoms with Gasteiger partial charge in [-0.2, -0.15) is 9.90 Å². The van der Waals surface area contributed by atoms with Crippen molar-refractivity contribution in [1.82, 2.24) is 19.9 Å². The summed E-state index contributed by atoms with van der Waals surface area (Å²) in [5.41, 5.74) is 6.70. The Kier molecular flexibility index (Phi) is 4.38. The second-order valence-electron chi connectivity index (χ2n) is 6.01. The number of carbonyl (C=O) groups is 1. The molecule has 7 heteroatoms. The molecule has 1 saturated heterocycles. The third-order valence-electron chi connectivity index (χ3n) is 4.28. The molecule has 2 heterocycles. The molecular formula is C16H20FN5O. The lowest BCUT2D eigenvalue weighted by Gasteiger charge is -2.37. The fourth-order valence-electron chi connectivity index (χ4n) is 2.95. The van der Waals surface area contributed by atoms with E-state index in [0.717, 1.165) is 12.8 Å². The van der Waals surface area contributed by atoms with Crippen molar-refractivity contribution in [3.8, 4) is 5.69 Å². The zero-order valence-corrected chi connectivity index (χ0v) is 13.0. The van der Waals surface area contributed by atoms with Gasteiger partial charge in [-0.3, -0.25) is 4.79 Å². The summed E-state index contributed by atoms with van der Waals surface area (Å²) in [6.45, 7) is 3.31. The van der Waals surface area contributed by atoms with Crippen molar-refractivity contribution in [2.45, 2.75) is 25.8 Å². The molecule has 1 aromatic carbocycles. The molecule has 0 aliphatic carbocycles. The van der Waals surface area contributed by atoms with Gasteiger partial charge < -0.3 is 10.6 Å². The molecule has 0 radical (unpaired) electrons. The van der Waals surface area contributed by atoms with Gasteiger partial charge in [0, 0.05) is 19.1 Å². The van der Waals surface area contributed by atoms with Gasteiger partial charge in [0.25, 0.3) is 5.91 Å². The maximum Gasteiger partial charge on any atom is 0.276 e. The molecule has 1 aliphatic heterocycles. The third kappa shape index (κ3) is 3.24. The topological polar surface area (TPSA) is 77.0 Å². The Morgan fingerprint density at radius 1 is 1.39 bits per heavy atom. The average molecular weight is 317 g/mol. The van der Waals surface area contributed by atoms with E-state index in [-0.39, 0.29) is 23.5 Å². The normalized spacial score (nSPS) is 21.4. The van der Waals surface area contributed by atoms with Crippen LogP contribution in [0.25, 0.3) is 5.69 Å². The smallest absolute Gasteiger partial charge is 0.276 e. The van der Waals surface area contributed by atoms with Crippen molar-refractivity contribution in [3.63, 3.8) is 0 Å². The number of piperidine rings is 1. The molecule has 0 bridgehead atoms. The average Bonchev–Trinajstić information content (AvgIpc) is 3.04. The summed E-state index contributed by atoms with van der Waals surface area (Å²) in [6.07, 6.45) is 3.32. The van der Waals surface area contributed by atoms with Crippen molar-refractivity contribution >= 4 is 5.91 Å². The van der Waals surface area contributed by atoms with Crippen LogP contribution in [0.1, 0.15) is 30.3 Å². The van der Waals surface area contributed by atoms with Crippen molar-refractivity contribution in [3.05, 3.63) is 42.0 Å². The van der Waals surface area contributed by atoms with Gasteiger partial charge >= 0.3 is 0 Å². The summed E-state index contributed by atoms with van der Waals surface area (Å²) < 4.78 is 13.0. The fourth-order valence-corrected chi connectivity index (χ4v) is 2.95. The molecule has 1 aliphatic rings. The predicted octanol–water partition coefficient (Wildman–Crippen LogP) is 1.61. The Labute approximate surface area is 134 Å². The molecular weight excluding hydrogens is 297 g/mol. The highest BCUT2D eigenvalue weighted by atomic mass is 19.1. The van der Waals surface area contributed by atoms with E-state index < -0.39 is 0 Å². The van der Waals surface area contributed by atoms with Gasteiger partial charge in [-0.1, -0.05) is 6.92 Å². The van der Waals surface area contributed by atoms with Gasteiger partial charge in [0.2, 0.25) is 0 Å². The summed E-state index contributed by atoms with van der Waals surface area (Å²) in [6, 6.07) is 5.83. The number of aromatic nitrogens is 3. The highest BCUT2D eigenvalue weighted by Gasteiger charge is 2.30. The van der Waals surface area contributed by atoms with Crippen molar-refractivity contribution < 1.29 is 9.18 Å². The highest BCUT2D eigenvalue weighted by molar-refractivity contribution is 5.92. The molecule has 0 spiro atoms. The lowest BCUT2D eigenvalue weighted by atomic mass is 9.92. The molecule has 23 heavy (non-hydrogen) atoms. The molecule has 122 valence electrons. The zero-order valence-electron chi connectivity index (χ0n) is 13.0. The number of likely N-dealkylation sites (tertiary alicyclic amines) is 1. The fraction of sp³-hybridized carbons (Fsp3) is 0.438. The number of nitrogens with zero attached hydrogens (tertiary/aromatic N) is 4. The molecule has 2 unspecified atom stereocenters. The Morgan fingerprint density at radius 2 is 2.13 bits per heavy atom. The van der Waals surface area contributed by atoms with Crippen LogP contribution in [0.15, 0.2) is 30.5 Å². The minimum absolute atomic E-state index is 0.0437. The maximum absolute atomic E-state index is 13.0. The van der Waals surface area contributed by atoms with E-state index in [0.29, 0.717) is 24.7 Å². The Morgan fingerprint density at radius 3 is 2.83 bits per heavy atom. The number of hydrogen-bond donors (Lipinski definition) is 1. The number of nitrogens with two attached hydrogens (primary N) is 1. The Balaban J connectivity index is 1.79. The van der Waals surface area contributed by atoms with E-state index in [9.17, 15) is 9.18 Å². The van der Waals surface area contributed by atoms with E-state index in [4.69, 9.17) is 5.73 Å². The summed E-state index contributed by atoms with van der Waals surface area (Å²) in [5, 5.41) is 8.33. The van der Waals surface area contributed by atoms with Crippen LogP contribution >= 0.6 is 0 Å². The minimum atomic E-state index is -0.328. The van der Waals surface area contributed by atoms with Crippen LogP contribution in [-0.2, 0) is 0 Å². The van der Waals surface area contributed by atoms with E-state index in [1.807, 2.05) is 0 Å².